The van der Waals surface area contributed by atoms with Gasteiger partial charge in [0.25, 0.3) is 5.91 Å². The summed E-state index contributed by atoms with van der Waals surface area (Å²) in [6.07, 6.45) is 3.90. The zero-order valence-electron chi connectivity index (χ0n) is 18.6. The molecule has 0 spiro atoms. The minimum atomic E-state index is -0.212. The van der Waals surface area contributed by atoms with Crippen molar-refractivity contribution in [2.24, 2.45) is 4.99 Å². The van der Waals surface area contributed by atoms with Crippen LogP contribution < -0.4 is 5.32 Å². The van der Waals surface area contributed by atoms with Crippen molar-refractivity contribution in [3.05, 3.63) is 35.4 Å². The van der Waals surface area contributed by atoms with Crippen LogP contribution in [0.1, 0.15) is 30.4 Å². The molecular formula is C23H36IN5O2. The lowest BCUT2D eigenvalue weighted by molar-refractivity contribution is -0.142. The molecule has 1 aromatic carbocycles. The Labute approximate surface area is 203 Å². The number of ether oxygens (including phenoxy) is 1. The molecule has 31 heavy (non-hydrogen) atoms. The standard InChI is InChI=1S/C23H35N5O2.HI/c1-24-23(28-15-13-27(14-16-28)22(29)21-8-4-17-30-21)25-10-5-11-26-12-9-19-6-2-3-7-20(19)18-26;/h2-3,6-7,21H,4-5,8-18H2,1H3,(H,24,25);1H. The maximum Gasteiger partial charge on any atom is 0.251 e. The Morgan fingerprint density at radius 1 is 1.13 bits per heavy atom. The number of benzene rings is 1. The van der Waals surface area contributed by atoms with Crippen LogP contribution in [0.4, 0.5) is 0 Å². The second-order valence-electron chi connectivity index (χ2n) is 8.44. The highest BCUT2D eigenvalue weighted by molar-refractivity contribution is 14.0. The van der Waals surface area contributed by atoms with E-state index in [9.17, 15) is 4.79 Å². The summed E-state index contributed by atoms with van der Waals surface area (Å²) in [6, 6.07) is 8.79. The van der Waals surface area contributed by atoms with E-state index in [1.54, 1.807) is 0 Å². The molecule has 3 aliphatic heterocycles. The van der Waals surface area contributed by atoms with E-state index in [1.165, 1.54) is 11.1 Å². The lowest BCUT2D eigenvalue weighted by Gasteiger charge is -2.37. The summed E-state index contributed by atoms with van der Waals surface area (Å²) in [5.41, 5.74) is 2.98. The van der Waals surface area contributed by atoms with Crippen molar-refractivity contribution in [3.8, 4) is 0 Å². The van der Waals surface area contributed by atoms with E-state index in [1.807, 2.05) is 11.9 Å². The monoisotopic (exact) mass is 541 g/mol. The van der Waals surface area contributed by atoms with Gasteiger partial charge in [0.2, 0.25) is 0 Å². The van der Waals surface area contributed by atoms with Gasteiger partial charge in [0.05, 0.1) is 0 Å². The second-order valence-corrected chi connectivity index (χ2v) is 8.44. The lowest BCUT2D eigenvalue weighted by atomic mass is 10.00. The number of fused-ring (bicyclic) bond motifs is 1. The third-order valence-corrected chi connectivity index (χ3v) is 6.45. The molecule has 1 aromatic rings. The Morgan fingerprint density at radius 3 is 2.58 bits per heavy atom. The van der Waals surface area contributed by atoms with Crippen molar-refractivity contribution in [2.75, 3.05) is 59.5 Å². The first kappa shape index (κ1) is 24.3. The fourth-order valence-corrected chi connectivity index (χ4v) is 4.69. The largest absolute Gasteiger partial charge is 0.368 e. The van der Waals surface area contributed by atoms with Gasteiger partial charge in [0, 0.05) is 66.0 Å². The van der Waals surface area contributed by atoms with Crippen molar-refractivity contribution in [1.82, 2.24) is 20.0 Å². The quantitative estimate of drug-likeness (QED) is 0.268. The van der Waals surface area contributed by atoms with Crippen molar-refractivity contribution in [3.63, 3.8) is 0 Å². The number of nitrogens with zero attached hydrogens (tertiary/aromatic N) is 4. The molecule has 3 heterocycles. The molecule has 4 rings (SSSR count). The summed E-state index contributed by atoms with van der Waals surface area (Å²) in [5.74, 6) is 1.11. The van der Waals surface area contributed by atoms with Gasteiger partial charge >= 0.3 is 0 Å². The lowest BCUT2D eigenvalue weighted by Crippen LogP contribution is -2.55. The Kier molecular flexibility index (Phi) is 9.40. The van der Waals surface area contributed by atoms with Crippen LogP contribution in [0.3, 0.4) is 0 Å². The number of guanidine groups is 1. The Hall–Kier alpha value is -1.39. The minimum absolute atomic E-state index is 0. The molecule has 8 heteroatoms. The molecule has 0 saturated carbocycles. The number of carbonyl (C=O) groups excluding carboxylic acids is 1. The van der Waals surface area contributed by atoms with Crippen LogP contribution in [0, 0.1) is 0 Å². The molecule has 0 radical (unpaired) electrons. The first-order chi connectivity index (χ1) is 14.7. The van der Waals surface area contributed by atoms with Gasteiger partial charge in [-0.3, -0.25) is 14.7 Å². The molecule has 2 saturated heterocycles. The van der Waals surface area contributed by atoms with E-state index in [4.69, 9.17) is 4.74 Å². The van der Waals surface area contributed by atoms with Crippen molar-refractivity contribution >= 4 is 35.8 Å². The molecule has 1 N–H and O–H groups in total. The Bertz CT molecular complexity index is 745. The van der Waals surface area contributed by atoms with E-state index in [2.05, 4.69) is 44.4 Å². The molecule has 0 aliphatic carbocycles. The summed E-state index contributed by atoms with van der Waals surface area (Å²) in [7, 11) is 1.84. The van der Waals surface area contributed by atoms with Crippen LogP contribution >= 0.6 is 24.0 Å². The first-order valence-electron chi connectivity index (χ1n) is 11.4. The highest BCUT2D eigenvalue weighted by Crippen LogP contribution is 2.18. The minimum Gasteiger partial charge on any atom is -0.368 e. The third-order valence-electron chi connectivity index (χ3n) is 6.45. The van der Waals surface area contributed by atoms with Crippen molar-refractivity contribution in [1.29, 1.82) is 0 Å². The number of hydrogen-bond acceptors (Lipinski definition) is 4. The van der Waals surface area contributed by atoms with Crippen LogP contribution in [-0.4, -0.2) is 92.1 Å². The maximum atomic E-state index is 12.5. The van der Waals surface area contributed by atoms with Gasteiger partial charge in [-0.25, -0.2) is 0 Å². The van der Waals surface area contributed by atoms with E-state index in [0.717, 1.165) is 90.6 Å². The normalized spacial score (nSPS) is 22.1. The Morgan fingerprint density at radius 2 is 1.87 bits per heavy atom. The second kappa shape index (κ2) is 12.0. The predicted molar refractivity (Wildman–Crippen MR) is 134 cm³/mol. The Balaban J connectivity index is 0.00000272. The van der Waals surface area contributed by atoms with E-state index >= 15 is 0 Å². The van der Waals surface area contributed by atoms with E-state index in [-0.39, 0.29) is 36.0 Å². The molecule has 3 aliphatic rings. The summed E-state index contributed by atoms with van der Waals surface area (Å²) in [5, 5.41) is 3.52. The van der Waals surface area contributed by atoms with Crippen LogP contribution in [-0.2, 0) is 22.5 Å². The SMILES string of the molecule is CN=C(NCCCN1CCc2ccccc2C1)N1CCN(C(=O)C2CCCO2)CC1.I. The third kappa shape index (κ3) is 6.32. The van der Waals surface area contributed by atoms with Gasteiger partial charge < -0.3 is 19.9 Å². The number of piperazine rings is 1. The van der Waals surface area contributed by atoms with Gasteiger partial charge in [-0.1, -0.05) is 24.3 Å². The molecule has 172 valence electrons. The van der Waals surface area contributed by atoms with Crippen LogP contribution in [0.5, 0.6) is 0 Å². The average molecular weight is 541 g/mol. The number of hydrogen-bond donors (Lipinski definition) is 1. The fraction of sp³-hybridized carbons (Fsp3) is 0.652. The highest BCUT2D eigenvalue weighted by Gasteiger charge is 2.30. The van der Waals surface area contributed by atoms with Gasteiger partial charge in [0.15, 0.2) is 5.96 Å². The molecule has 2 fully saturated rings. The summed E-state index contributed by atoms with van der Waals surface area (Å²) in [4.78, 5) is 23.7. The number of halogens is 1. The number of nitrogens with one attached hydrogen (secondary N) is 1. The van der Waals surface area contributed by atoms with Gasteiger partial charge in [-0.2, -0.15) is 0 Å². The van der Waals surface area contributed by atoms with Gasteiger partial charge in [0.1, 0.15) is 6.10 Å². The fourth-order valence-electron chi connectivity index (χ4n) is 4.69. The number of aliphatic imine (C=N–C) groups is 1. The molecule has 0 aromatic heterocycles. The van der Waals surface area contributed by atoms with Gasteiger partial charge in [-0.05, 0) is 36.8 Å². The molecule has 1 unspecified atom stereocenters. The number of rotatable bonds is 5. The molecule has 7 nitrogen and oxygen atoms in total. The smallest absolute Gasteiger partial charge is 0.251 e. The zero-order valence-corrected chi connectivity index (χ0v) is 20.9. The molecule has 1 amide bonds. The van der Waals surface area contributed by atoms with Crippen LogP contribution in [0.25, 0.3) is 0 Å². The molecular weight excluding hydrogens is 505 g/mol. The maximum absolute atomic E-state index is 12.5. The topological polar surface area (TPSA) is 60.4 Å². The molecule has 0 bridgehead atoms. The van der Waals surface area contributed by atoms with Gasteiger partial charge in [-0.15, -0.1) is 24.0 Å². The number of carbonyl (C=O) groups is 1. The van der Waals surface area contributed by atoms with Crippen LogP contribution in [0.15, 0.2) is 29.3 Å². The van der Waals surface area contributed by atoms with E-state index in [0.29, 0.717) is 0 Å². The predicted octanol–water partition coefficient (Wildman–Crippen LogP) is 1.95. The van der Waals surface area contributed by atoms with Crippen LogP contribution in [0.2, 0.25) is 0 Å². The summed E-state index contributed by atoms with van der Waals surface area (Å²) >= 11 is 0. The van der Waals surface area contributed by atoms with E-state index < -0.39 is 0 Å². The summed E-state index contributed by atoms with van der Waals surface area (Å²) in [6.45, 7) is 8.07. The molecule has 1 atom stereocenters. The number of amides is 1. The van der Waals surface area contributed by atoms with Crippen molar-refractivity contribution in [2.45, 2.75) is 38.3 Å². The highest BCUT2D eigenvalue weighted by atomic mass is 127. The average Bonchev–Trinajstić information content (AvgIpc) is 3.34. The van der Waals surface area contributed by atoms with Crippen molar-refractivity contribution < 1.29 is 9.53 Å². The first-order valence-corrected chi connectivity index (χ1v) is 11.4. The zero-order chi connectivity index (χ0) is 20.8. The summed E-state index contributed by atoms with van der Waals surface area (Å²) < 4.78 is 5.55.